The lowest BCUT2D eigenvalue weighted by molar-refractivity contribution is -0.147. The zero-order valence-electron chi connectivity index (χ0n) is 33.3. The maximum Gasteiger partial charge on any atom is 0.472 e. The molecule has 0 saturated carbocycles. The fourth-order valence-electron chi connectivity index (χ4n) is 5.69. The number of esters is 1. The lowest BCUT2D eigenvalue weighted by atomic mass is 10.0. The topological polar surface area (TPSA) is 131 Å². The van der Waals surface area contributed by atoms with Gasteiger partial charge >= 0.3 is 13.8 Å². The van der Waals surface area contributed by atoms with Crippen LogP contribution in [0.3, 0.4) is 0 Å². The minimum absolute atomic E-state index is 0.0726. The van der Waals surface area contributed by atoms with E-state index in [2.05, 4.69) is 55.6 Å². The molecule has 0 rings (SSSR count). The zero-order valence-corrected chi connectivity index (χ0v) is 34.1. The highest BCUT2D eigenvalue weighted by Gasteiger charge is 2.23. The van der Waals surface area contributed by atoms with E-state index in [1.807, 2.05) is 0 Å². The third-order valence-corrected chi connectivity index (χ3v) is 9.82. The van der Waals surface area contributed by atoms with E-state index in [-0.39, 0.29) is 32.1 Å². The largest absolute Gasteiger partial charge is 0.472 e. The van der Waals surface area contributed by atoms with Crippen molar-refractivity contribution >= 4 is 19.7 Å². The molecular formula is C42H78NO8P. The predicted octanol–water partition coefficient (Wildman–Crippen LogP) is 11.4. The van der Waals surface area contributed by atoms with Crippen molar-refractivity contribution in [2.75, 3.05) is 26.4 Å². The maximum atomic E-state index is 12.1. The molecule has 0 aromatic rings. The molecule has 0 spiro atoms. The second kappa shape index (κ2) is 38.9. The van der Waals surface area contributed by atoms with Crippen molar-refractivity contribution in [3.8, 4) is 0 Å². The zero-order chi connectivity index (χ0) is 38.2. The maximum absolute atomic E-state index is 12.1. The fraction of sp³-hybridized carbons (Fsp3) is 0.810. The number of ether oxygens (including phenoxy) is 1. The molecule has 1 amide bonds. The standard InChI is InChI=1S/C42H78NO8P/c1-3-5-7-9-11-13-15-17-19-21-23-25-27-29-31-33-35-42(46)49-38-40(44)39-51-52(47,48)50-37-36-43-41(45)34-32-30-28-26-24-22-20-18-16-14-12-10-8-6-4-2/h6,8,12,14,18,20,40,44H,3-5,7,9-11,13,15-17,19,21-39H2,1-2H3,(H,43,45)(H,47,48)/b8-6-,14-12-,20-18-. The molecule has 2 atom stereocenters. The van der Waals surface area contributed by atoms with E-state index in [1.165, 1.54) is 83.5 Å². The molecule has 304 valence electrons. The summed E-state index contributed by atoms with van der Waals surface area (Å²) in [5, 5.41) is 12.7. The van der Waals surface area contributed by atoms with Crippen LogP contribution in [0, 0.1) is 0 Å². The fourth-order valence-corrected chi connectivity index (χ4v) is 6.45. The summed E-state index contributed by atoms with van der Waals surface area (Å²) < 4.78 is 26.8. The van der Waals surface area contributed by atoms with Crippen molar-refractivity contribution in [2.45, 2.75) is 193 Å². The van der Waals surface area contributed by atoms with Gasteiger partial charge in [-0.15, -0.1) is 0 Å². The summed E-state index contributed by atoms with van der Waals surface area (Å²) in [5.41, 5.74) is 0. The Morgan fingerprint density at radius 3 is 1.65 bits per heavy atom. The molecule has 0 heterocycles. The molecule has 0 aromatic carbocycles. The highest BCUT2D eigenvalue weighted by atomic mass is 31.2. The first-order valence-corrected chi connectivity index (χ1v) is 22.5. The second-order valence-corrected chi connectivity index (χ2v) is 15.4. The third kappa shape index (κ3) is 39.4. The lowest BCUT2D eigenvalue weighted by Crippen LogP contribution is -2.27. The van der Waals surface area contributed by atoms with E-state index in [1.54, 1.807) is 0 Å². The first-order chi connectivity index (χ1) is 25.3. The van der Waals surface area contributed by atoms with Gasteiger partial charge in [-0.1, -0.05) is 166 Å². The molecule has 2 unspecified atom stereocenters. The van der Waals surface area contributed by atoms with Gasteiger partial charge in [-0.25, -0.2) is 4.57 Å². The molecule has 52 heavy (non-hydrogen) atoms. The number of amides is 1. The summed E-state index contributed by atoms with van der Waals surface area (Å²) in [5.74, 6) is -0.530. The Labute approximate surface area is 318 Å². The average Bonchev–Trinajstić information content (AvgIpc) is 3.13. The second-order valence-electron chi connectivity index (χ2n) is 13.9. The number of hydrogen-bond donors (Lipinski definition) is 3. The number of hydrogen-bond acceptors (Lipinski definition) is 7. The molecular weight excluding hydrogens is 677 g/mol. The first kappa shape index (κ1) is 50.2. The van der Waals surface area contributed by atoms with Gasteiger partial charge in [0.15, 0.2) is 0 Å². The summed E-state index contributed by atoms with van der Waals surface area (Å²) >= 11 is 0. The minimum atomic E-state index is -4.42. The first-order valence-electron chi connectivity index (χ1n) is 21.0. The van der Waals surface area contributed by atoms with Crippen molar-refractivity contribution in [1.29, 1.82) is 0 Å². The molecule has 0 aliphatic rings. The quantitative estimate of drug-likeness (QED) is 0.0244. The highest BCUT2D eigenvalue weighted by molar-refractivity contribution is 7.47. The van der Waals surface area contributed by atoms with E-state index in [4.69, 9.17) is 13.8 Å². The van der Waals surface area contributed by atoms with Gasteiger partial charge < -0.3 is 20.1 Å². The van der Waals surface area contributed by atoms with Crippen molar-refractivity contribution in [2.24, 2.45) is 0 Å². The molecule has 9 nitrogen and oxygen atoms in total. The number of carbonyl (C=O) groups excluding carboxylic acids is 2. The van der Waals surface area contributed by atoms with Gasteiger partial charge in [0.05, 0.1) is 13.2 Å². The van der Waals surface area contributed by atoms with Crippen LogP contribution in [0.25, 0.3) is 0 Å². The van der Waals surface area contributed by atoms with Crippen LogP contribution in [0.5, 0.6) is 0 Å². The van der Waals surface area contributed by atoms with Crippen molar-refractivity contribution in [1.82, 2.24) is 5.32 Å². The number of carbonyl (C=O) groups is 2. The number of aliphatic hydroxyl groups excluding tert-OH is 1. The van der Waals surface area contributed by atoms with E-state index in [0.29, 0.717) is 6.42 Å². The number of phosphoric ester groups is 1. The van der Waals surface area contributed by atoms with Gasteiger partial charge in [-0.3, -0.25) is 18.6 Å². The smallest absolute Gasteiger partial charge is 0.463 e. The van der Waals surface area contributed by atoms with Gasteiger partial charge in [-0.05, 0) is 44.9 Å². The number of rotatable bonds is 39. The van der Waals surface area contributed by atoms with Crippen LogP contribution in [-0.2, 0) is 27.9 Å². The monoisotopic (exact) mass is 756 g/mol. The average molecular weight is 756 g/mol. The Balaban J connectivity index is 3.61. The summed E-state index contributed by atoms with van der Waals surface area (Å²) in [6.07, 6.45) is 42.1. The van der Waals surface area contributed by atoms with Crippen molar-refractivity contribution in [3.05, 3.63) is 36.5 Å². The van der Waals surface area contributed by atoms with E-state index >= 15 is 0 Å². The lowest BCUT2D eigenvalue weighted by Gasteiger charge is -2.15. The van der Waals surface area contributed by atoms with Gasteiger partial charge in [0, 0.05) is 19.4 Å². The van der Waals surface area contributed by atoms with Crippen LogP contribution in [0.4, 0.5) is 0 Å². The molecule has 0 fully saturated rings. The van der Waals surface area contributed by atoms with Crippen molar-refractivity contribution in [3.63, 3.8) is 0 Å². The summed E-state index contributed by atoms with van der Waals surface area (Å²) in [4.78, 5) is 33.8. The number of allylic oxidation sites excluding steroid dienone is 6. The Bertz CT molecular complexity index is 954. The Morgan fingerprint density at radius 1 is 0.615 bits per heavy atom. The third-order valence-electron chi connectivity index (χ3n) is 8.83. The number of nitrogens with one attached hydrogen (secondary N) is 1. The Hall–Kier alpha value is -1.77. The molecule has 0 saturated heterocycles. The molecule has 3 N–H and O–H groups in total. The van der Waals surface area contributed by atoms with Gasteiger partial charge in [0.25, 0.3) is 0 Å². The predicted molar refractivity (Wildman–Crippen MR) is 215 cm³/mol. The van der Waals surface area contributed by atoms with Gasteiger partial charge in [-0.2, -0.15) is 0 Å². The Morgan fingerprint density at radius 2 is 1.10 bits per heavy atom. The summed E-state index contributed by atoms with van der Waals surface area (Å²) in [6.45, 7) is 3.43. The Kier molecular flexibility index (Phi) is 37.6. The van der Waals surface area contributed by atoms with Crippen LogP contribution < -0.4 is 5.32 Å². The molecule has 0 aliphatic carbocycles. The highest BCUT2D eigenvalue weighted by Crippen LogP contribution is 2.42. The van der Waals surface area contributed by atoms with E-state index in [9.17, 15) is 24.2 Å². The van der Waals surface area contributed by atoms with Crippen LogP contribution in [0.15, 0.2) is 36.5 Å². The molecule has 0 radical (unpaired) electrons. The molecule has 0 aromatic heterocycles. The van der Waals surface area contributed by atoms with Crippen LogP contribution in [-0.4, -0.2) is 54.3 Å². The number of unbranched alkanes of at least 4 members (excludes halogenated alkanes) is 20. The van der Waals surface area contributed by atoms with Crippen molar-refractivity contribution < 1.29 is 37.9 Å². The minimum Gasteiger partial charge on any atom is -0.463 e. The number of aliphatic hydroxyl groups is 1. The molecule has 10 heteroatoms. The summed E-state index contributed by atoms with van der Waals surface area (Å²) in [7, 11) is -4.42. The van der Waals surface area contributed by atoms with E-state index < -0.39 is 26.5 Å². The van der Waals surface area contributed by atoms with Crippen LogP contribution in [0.2, 0.25) is 0 Å². The van der Waals surface area contributed by atoms with E-state index in [0.717, 1.165) is 77.0 Å². The SMILES string of the molecule is CC/C=C\C/C=C\C/C=C\CCCCCCCC(=O)NCCOP(=O)(O)OCC(O)COC(=O)CCCCCCCCCCCCCCCCCC. The normalized spacial score (nSPS) is 13.7. The molecule has 0 aliphatic heterocycles. The van der Waals surface area contributed by atoms with Crippen LogP contribution >= 0.6 is 7.82 Å². The van der Waals surface area contributed by atoms with Gasteiger partial charge in [0.1, 0.15) is 12.7 Å². The van der Waals surface area contributed by atoms with Crippen LogP contribution in [0.1, 0.15) is 187 Å². The van der Waals surface area contributed by atoms with Gasteiger partial charge in [0.2, 0.25) is 5.91 Å². The molecule has 0 bridgehead atoms. The number of phosphoric acid groups is 1. The summed E-state index contributed by atoms with van der Waals surface area (Å²) in [6, 6.07) is 0.